The fraction of sp³-hybridized carbons (Fsp3) is 0.357. The molecule has 0 atom stereocenters. The van der Waals surface area contributed by atoms with Gasteiger partial charge in [-0.2, -0.15) is 0 Å². The second-order valence-electron chi connectivity index (χ2n) is 9.17. The van der Waals surface area contributed by atoms with Crippen LogP contribution in [0.2, 0.25) is 5.02 Å². The molecule has 8 heteroatoms. The lowest BCUT2D eigenvalue weighted by Gasteiger charge is -2.35. The van der Waals surface area contributed by atoms with E-state index in [2.05, 4.69) is 14.9 Å². The molecule has 0 unspecified atom stereocenters. The van der Waals surface area contributed by atoms with Crippen molar-refractivity contribution >= 4 is 29.3 Å². The van der Waals surface area contributed by atoms with Gasteiger partial charge in [-0.25, -0.2) is 9.97 Å². The molecule has 0 saturated carbocycles. The summed E-state index contributed by atoms with van der Waals surface area (Å²) >= 11 is 6.33. The standard InChI is InChI=1S/C28H29ClN4O3/c1-2-36-28(35)21-11-14-32(15-12-21)26-23-17-33(16-13-25(23)30-18-31-26)27(34)20-9-7-19(8-10-20)22-5-3-4-6-24(22)29/h3-10,18,21H,2,11-17H2,1H3. The average molecular weight is 505 g/mol. The van der Waals surface area contributed by atoms with E-state index < -0.39 is 0 Å². The molecule has 0 aliphatic carbocycles. The molecule has 2 aliphatic heterocycles. The predicted octanol–water partition coefficient (Wildman–Crippen LogP) is 4.78. The fourth-order valence-corrected chi connectivity index (χ4v) is 5.27. The Kier molecular flexibility index (Phi) is 7.18. The smallest absolute Gasteiger partial charge is 0.309 e. The van der Waals surface area contributed by atoms with E-state index in [0.29, 0.717) is 36.7 Å². The molecule has 0 spiro atoms. The van der Waals surface area contributed by atoms with Crippen LogP contribution in [0.5, 0.6) is 0 Å². The van der Waals surface area contributed by atoms with Crippen LogP contribution in [0.15, 0.2) is 54.9 Å². The van der Waals surface area contributed by atoms with Crippen LogP contribution in [0, 0.1) is 5.92 Å². The molecule has 1 amide bonds. The number of benzene rings is 2. The van der Waals surface area contributed by atoms with Gasteiger partial charge >= 0.3 is 5.97 Å². The first-order valence-electron chi connectivity index (χ1n) is 12.4. The van der Waals surface area contributed by atoms with E-state index in [-0.39, 0.29) is 17.8 Å². The van der Waals surface area contributed by atoms with E-state index in [4.69, 9.17) is 16.3 Å². The molecule has 3 heterocycles. The number of nitrogens with zero attached hydrogens (tertiary/aromatic N) is 4. The molecule has 36 heavy (non-hydrogen) atoms. The minimum absolute atomic E-state index is 0.0119. The summed E-state index contributed by atoms with van der Waals surface area (Å²) < 4.78 is 5.20. The third-order valence-electron chi connectivity index (χ3n) is 7.00. The van der Waals surface area contributed by atoms with Crippen LogP contribution in [-0.4, -0.2) is 53.0 Å². The van der Waals surface area contributed by atoms with Crippen LogP contribution in [0.1, 0.15) is 41.4 Å². The molecule has 5 rings (SSSR count). The van der Waals surface area contributed by atoms with Crippen molar-refractivity contribution < 1.29 is 14.3 Å². The maximum atomic E-state index is 13.4. The molecule has 2 aliphatic rings. The summed E-state index contributed by atoms with van der Waals surface area (Å²) in [4.78, 5) is 38.7. The van der Waals surface area contributed by atoms with Crippen LogP contribution in [0.25, 0.3) is 11.1 Å². The SMILES string of the molecule is CCOC(=O)C1CCN(c2ncnc3c2CN(C(=O)c2ccc(-c4ccccc4Cl)cc2)CC3)CC1. The van der Waals surface area contributed by atoms with Gasteiger partial charge < -0.3 is 14.5 Å². The van der Waals surface area contributed by atoms with Crippen molar-refractivity contribution in [1.29, 1.82) is 0 Å². The Labute approximate surface area is 216 Å². The Bertz CT molecular complexity index is 1260. The van der Waals surface area contributed by atoms with Gasteiger partial charge in [-0.05, 0) is 43.5 Å². The zero-order valence-electron chi connectivity index (χ0n) is 20.3. The van der Waals surface area contributed by atoms with Gasteiger partial charge in [0.15, 0.2) is 0 Å². The highest BCUT2D eigenvalue weighted by Crippen LogP contribution is 2.31. The molecular formula is C28H29ClN4O3. The van der Waals surface area contributed by atoms with Gasteiger partial charge in [0.05, 0.1) is 24.8 Å². The number of halogens is 1. The normalized spacial score (nSPS) is 15.9. The van der Waals surface area contributed by atoms with Gasteiger partial charge in [-0.3, -0.25) is 9.59 Å². The monoisotopic (exact) mass is 504 g/mol. The van der Waals surface area contributed by atoms with Gasteiger partial charge in [0.1, 0.15) is 12.1 Å². The zero-order chi connectivity index (χ0) is 25.1. The van der Waals surface area contributed by atoms with Crippen molar-refractivity contribution in [3.8, 4) is 11.1 Å². The number of fused-ring (bicyclic) bond motifs is 1. The number of piperidine rings is 1. The Hall–Kier alpha value is -3.45. The highest BCUT2D eigenvalue weighted by atomic mass is 35.5. The molecule has 1 aromatic heterocycles. The van der Waals surface area contributed by atoms with Crippen molar-refractivity contribution in [2.24, 2.45) is 5.92 Å². The first-order chi connectivity index (χ1) is 17.5. The number of hydrogen-bond acceptors (Lipinski definition) is 6. The first-order valence-corrected chi connectivity index (χ1v) is 12.8. The van der Waals surface area contributed by atoms with Crippen LogP contribution in [-0.2, 0) is 22.5 Å². The van der Waals surface area contributed by atoms with E-state index in [1.807, 2.05) is 60.4 Å². The lowest BCUT2D eigenvalue weighted by atomic mass is 9.96. The van der Waals surface area contributed by atoms with Crippen LogP contribution < -0.4 is 4.90 Å². The summed E-state index contributed by atoms with van der Waals surface area (Å²) in [6.07, 6.45) is 3.76. The molecule has 2 aromatic carbocycles. The number of aromatic nitrogens is 2. The maximum absolute atomic E-state index is 13.4. The second-order valence-corrected chi connectivity index (χ2v) is 9.58. The molecule has 0 bridgehead atoms. The minimum Gasteiger partial charge on any atom is -0.466 e. The number of carbonyl (C=O) groups is 2. The number of carbonyl (C=O) groups excluding carboxylic acids is 2. The van der Waals surface area contributed by atoms with E-state index in [1.165, 1.54) is 0 Å². The largest absolute Gasteiger partial charge is 0.466 e. The van der Waals surface area contributed by atoms with Crippen molar-refractivity contribution in [2.45, 2.75) is 32.7 Å². The number of ether oxygens (including phenoxy) is 1. The molecule has 0 radical (unpaired) electrons. The topological polar surface area (TPSA) is 75.6 Å². The molecule has 1 fully saturated rings. The number of hydrogen-bond donors (Lipinski definition) is 0. The van der Waals surface area contributed by atoms with Crippen LogP contribution in [0.3, 0.4) is 0 Å². The minimum atomic E-state index is -0.112. The van der Waals surface area contributed by atoms with Crippen molar-refractivity contribution in [3.05, 3.63) is 76.7 Å². The molecular weight excluding hydrogens is 476 g/mol. The lowest BCUT2D eigenvalue weighted by molar-refractivity contribution is -0.148. The number of anilines is 1. The van der Waals surface area contributed by atoms with Gasteiger partial charge in [0.2, 0.25) is 0 Å². The Balaban J connectivity index is 1.30. The molecule has 0 N–H and O–H groups in total. The van der Waals surface area contributed by atoms with E-state index in [1.54, 1.807) is 6.33 Å². The first kappa shape index (κ1) is 24.3. The van der Waals surface area contributed by atoms with Crippen molar-refractivity contribution in [2.75, 3.05) is 31.1 Å². The summed E-state index contributed by atoms with van der Waals surface area (Å²) in [7, 11) is 0. The molecule has 1 saturated heterocycles. The lowest BCUT2D eigenvalue weighted by Crippen LogP contribution is -2.41. The third kappa shape index (κ3) is 4.93. The van der Waals surface area contributed by atoms with Crippen LogP contribution >= 0.6 is 11.6 Å². The number of rotatable bonds is 5. The highest BCUT2D eigenvalue weighted by molar-refractivity contribution is 6.33. The number of esters is 1. The van der Waals surface area contributed by atoms with E-state index in [0.717, 1.165) is 54.1 Å². The average Bonchev–Trinajstić information content (AvgIpc) is 2.93. The zero-order valence-corrected chi connectivity index (χ0v) is 21.1. The van der Waals surface area contributed by atoms with Gasteiger partial charge in [-0.15, -0.1) is 0 Å². The second kappa shape index (κ2) is 10.7. The van der Waals surface area contributed by atoms with Crippen molar-refractivity contribution in [1.82, 2.24) is 14.9 Å². The van der Waals surface area contributed by atoms with Gasteiger partial charge in [-0.1, -0.05) is 41.9 Å². The summed E-state index contributed by atoms with van der Waals surface area (Å²) in [5.74, 6) is 0.681. The summed E-state index contributed by atoms with van der Waals surface area (Å²) in [6, 6.07) is 15.3. The third-order valence-corrected chi connectivity index (χ3v) is 7.33. The molecule has 7 nitrogen and oxygen atoms in total. The highest BCUT2D eigenvalue weighted by Gasteiger charge is 2.31. The van der Waals surface area contributed by atoms with Crippen molar-refractivity contribution in [3.63, 3.8) is 0 Å². The Morgan fingerprint density at radius 1 is 1.03 bits per heavy atom. The summed E-state index contributed by atoms with van der Waals surface area (Å²) in [6.45, 7) is 4.77. The quantitative estimate of drug-likeness (QED) is 0.466. The summed E-state index contributed by atoms with van der Waals surface area (Å²) in [5, 5.41) is 0.683. The molecule has 186 valence electrons. The van der Waals surface area contributed by atoms with E-state index >= 15 is 0 Å². The number of amides is 1. The Morgan fingerprint density at radius 3 is 2.50 bits per heavy atom. The fourth-order valence-electron chi connectivity index (χ4n) is 5.03. The van der Waals surface area contributed by atoms with E-state index in [9.17, 15) is 9.59 Å². The van der Waals surface area contributed by atoms with Gasteiger partial charge in [0, 0.05) is 47.8 Å². The summed E-state index contributed by atoms with van der Waals surface area (Å²) in [5.41, 5.74) is 4.55. The predicted molar refractivity (Wildman–Crippen MR) is 139 cm³/mol. The maximum Gasteiger partial charge on any atom is 0.309 e. The van der Waals surface area contributed by atoms with Gasteiger partial charge in [0.25, 0.3) is 5.91 Å². The van der Waals surface area contributed by atoms with Crippen LogP contribution in [0.4, 0.5) is 5.82 Å². The molecule has 3 aromatic rings. The Morgan fingerprint density at radius 2 is 1.78 bits per heavy atom.